The summed E-state index contributed by atoms with van der Waals surface area (Å²) in [6.45, 7) is 5.16. The quantitative estimate of drug-likeness (QED) is 0.469. The van der Waals surface area contributed by atoms with Crippen molar-refractivity contribution in [1.29, 1.82) is 0 Å². The van der Waals surface area contributed by atoms with Crippen LogP contribution in [0.1, 0.15) is 39.0 Å². The van der Waals surface area contributed by atoms with Crippen LogP contribution in [0.4, 0.5) is 0 Å². The predicted octanol–water partition coefficient (Wildman–Crippen LogP) is 0.832. The highest BCUT2D eigenvalue weighted by atomic mass is 14.8. The average Bonchev–Trinajstić information content (AvgIpc) is 2.11. The van der Waals surface area contributed by atoms with Crippen LogP contribution in [0.15, 0.2) is 0 Å². The molecular formula is C10H25N3. The zero-order chi connectivity index (χ0) is 9.94. The average molecular weight is 187 g/mol. The molecule has 0 aromatic rings. The molecule has 0 fully saturated rings. The first kappa shape index (κ1) is 12.9. The lowest BCUT2D eigenvalue weighted by molar-refractivity contribution is 0.524. The standard InChI is InChI=1S/C10H25N3/c1-2-3-8-13-9-4-5-10(12)6-7-11/h10,13H,2-9,11-12H2,1H3. The zero-order valence-corrected chi connectivity index (χ0v) is 8.89. The van der Waals surface area contributed by atoms with Gasteiger partial charge in [0.25, 0.3) is 0 Å². The van der Waals surface area contributed by atoms with E-state index in [2.05, 4.69) is 12.2 Å². The van der Waals surface area contributed by atoms with E-state index < -0.39 is 0 Å². The minimum atomic E-state index is 0.304. The molecule has 1 atom stereocenters. The molecule has 0 spiro atoms. The molecule has 5 N–H and O–H groups in total. The maximum absolute atomic E-state index is 5.82. The monoisotopic (exact) mass is 187 g/mol. The lowest BCUT2D eigenvalue weighted by Crippen LogP contribution is -2.25. The summed E-state index contributed by atoms with van der Waals surface area (Å²) >= 11 is 0. The first-order valence-electron chi connectivity index (χ1n) is 5.47. The molecule has 0 aromatic carbocycles. The van der Waals surface area contributed by atoms with E-state index in [0.29, 0.717) is 12.6 Å². The van der Waals surface area contributed by atoms with Crippen LogP contribution in [-0.4, -0.2) is 25.7 Å². The van der Waals surface area contributed by atoms with Gasteiger partial charge in [-0.2, -0.15) is 0 Å². The molecule has 0 aliphatic rings. The topological polar surface area (TPSA) is 64.1 Å². The van der Waals surface area contributed by atoms with Crippen molar-refractivity contribution in [1.82, 2.24) is 5.32 Å². The number of hydrogen-bond acceptors (Lipinski definition) is 3. The van der Waals surface area contributed by atoms with Gasteiger partial charge in [0.1, 0.15) is 0 Å². The van der Waals surface area contributed by atoms with Crippen molar-refractivity contribution in [2.45, 2.75) is 45.1 Å². The van der Waals surface area contributed by atoms with Crippen LogP contribution in [0.5, 0.6) is 0 Å². The normalized spacial score (nSPS) is 13.2. The van der Waals surface area contributed by atoms with Gasteiger partial charge in [0.15, 0.2) is 0 Å². The Hall–Kier alpha value is -0.120. The van der Waals surface area contributed by atoms with Crippen LogP contribution in [0.3, 0.4) is 0 Å². The summed E-state index contributed by atoms with van der Waals surface area (Å²) in [5, 5.41) is 3.40. The van der Waals surface area contributed by atoms with Crippen LogP contribution < -0.4 is 16.8 Å². The van der Waals surface area contributed by atoms with Crippen LogP contribution in [0.25, 0.3) is 0 Å². The third kappa shape index (κ3) is 9.80. The minimum Gasteiger partial charge on any atom is -0.330 e. The van der Waals surface area contributed by atoms with Crippen molar-refractivity contribution in [3.63, 3.8) is 0 Å². The summed E-state index contributed by atoms with van der Waals surface area (Å²) in [6.07, 6.45) is 5.75. The van der Waals surface area contributed by atoms with Gasteiger partial charge in [-0.05, 0) is 45.3 Å². The van der Waals surface area contributed by atoms with E-state index in [1.54, 1.807) is 0 Å². The maximum Gasteiger partial charge on any atom is 0.00513 e. The molecule has 13 heavy (non-hydrogen) atoms. The van der Waals surface area contributed by atoms with Crippen LogP contribution in [0, 0.1) is 0 Å². The highest BCUT2D eigenvalue weighted by molar-refractivity contribution is 4.62. The van der Waals surface area contributed by atoms with Crippen molar-refractivity contribution in [2.75, 3.05) is 19.6 Å². The smallest absolute Gasteiger partial charge is 0.00513 e. The fourth-order valence-corrected chi connectivity index (χ4v) is 1.27. The van der Waals surface area contributed by atoms with Gasteiger partial charge in [-0.25, -0.2) is 0 Å². The number of nitrogens with one attached hydrogen (secondary N) is 1. The summed E-state index contributed by atoms with van der Waals surface area (Å²) < 4.78 is 0. The maximum atomic E-state index is 5.82. The van der Waals surface area contributed by atoms with Crippen molar-refractivity contribution in [3.8, 4) is 0 Å². The molecule has 0 aliphatic heterocycles. The van der Waals surface area contributed by atoms with Crippen molar-refractivity contribution in [2.24, 2.45) is 11.5 Å². The number of hydrogen-bond donors (Lipinski definition) is 3. The molecule has 0 aromatic heterocycles. The van der Waals surface area contributed by atoms with Crippen molar-refractivity contribution >= 4 is 0 Å². The Morgan fingerprint density at radius 3 is 2.46 bits per heavy atom. The molecule has 1 unspecified atom stereocenters. The van der Waals surface area contributed by atoms with Gasteiger partial charge in [0.05, 0.1) is 0 Å². The fourth-order valence-electron chi connectivity index (χ4n) is 1.27. The molecule has 3 nitrogen and oxygen atoms in total. The largest absolute Gasteiger partial charge is 0.330 e. The molecule has 80 valence electrons. The second-order valence-corrected chi connectivity index (χ2v) is 3.58. The third-order valence-corrected chi connectivity index (χ3v) is 2.17. The molecule has 0 aliphatic carbocycles. The molecule has 0 rings (SSSR count). The van der Waals surface area contributed by atoms with E-state index >= 15 is 0 Å². The summed E-state index contributed by atoms with van der Waals surface area (Å²) in [6, 6.07) is 0.304. The highest BCUT2D eigenvalue weighted by Crippen LogP contribution is 1.96. The predicted molar refractivity (Wildman–Crippen MR) is 58.7 cm³/mol. The second-order valence-electron chi connectivity index (χ2n) is 3.58. The van der Waals surface area contributed by atoms with Gasteiger partial charge >= 0.3 is 0 Å². The molecule has 0 saturated heterocycles. The molecule has 0 amide bonds. The molecule has 3 heteroatoms. The summed E-state index contributed by atoms with van der Waals surface area (Å²) in [5.74, 6) is 0. The van der Waals surface area contributed by atoms with Crippen molar-refractivity contribution in [3.05, 3.63) is 0 Å². The Morgan fingerprint density at radius 1 is 1.15 bits per heavy atom. The van der Waals surface area contributed by atoms with Gasteiger partial charge < -0.3 is 16.8 Å². The molecule has 0 saturated carbocycles. The van der Waals surface area contributed by atoms with E-state index in [4.69, 9.17) is 11.5 Å². The SMILES string of the molecule is CCCCNCCCC(N)CCN. The lowest BCUT2D eigenvalue weighted by Gasteiger charge is -2.09. The van der Waals surface area contributed by atoms with E-state index in [1.807, 2.05) is 0 Å². The van der Waals surface area contributed by atoms with E-state index in [-0.39, 0.29) is 0 Å². The summed E-state index contributed by atoms with van der Waals surface area (Å²) in [7, 11) is 0. The van der Waals surface area contributed by atoms with Gasteiger partial charge in [-0.15, -0.1) is 0 Å². The lowest BCUT2D eigenvalue weighted by atomic mass is 10.1. The Labute approximate surface area is 82.3 Å². The summed E-state index contributed by atoms with van der Waals surface area (Å²) in [4.78, 5) is 0. The van der Waals surface area contributed by atoms with Gasteiger partial charge in [-0.3, -0.25) is 0 Å². The van der Waals surface area contributed by atoms with Crippen molar-refractivity contribution < 1.29 is 0 Å². The molecule has 0 heterocycles. The van der Waals surface area contributed by atoms with E-state index in [1.165, 1.54) is 19.3 Å². The second kappa shape index (κ2) is 9.96. The van der Waals surface area contributed by atoms with Crippen LogP contribution >= 0.6 is 0 Å². The fraction of sp³-hybridized carbons (Fsp3) is 1.00. The highest BCUT2D eigenvalue weighted by Gasteiger charge is 1.99. The Kier molecular flexibility index (Phi) is 9.87. The Bertz CT molecular complexity index is 96.2. The number of nitrogens with two attached hydrogens (primary N) is 2. The van der Waals surface area contributed by atoms with Gasteiger partial charge in [0.2, 0.25) is 0 Å². The van der Waals surface area contributed by atoms with E-state index in [0.717, 1.165) is 25.9 Å². The van der Waals surface area contributed by atoms with Crippen LogP contribution in [-0.2, 0) is 0 Å². The number of unbranched alkanes of at least 4 members (excludes halogenated alkanes) is 1. The van der Waals surface area contributed by atoms with E-state index in [9.17, 15) is 0 Å². The third-order valence-electron chi connectivity index (χ3n) is 2.17. The Balaban J connectivity index is 2.97. The van der Waals surface area contributed by atoms with Gasteiger partial charge in [-0.1, -0.05) is 13.3 Å². The zero-order valence-electron chi connectivity index (χ0n) is 8.89. The first-order chi connectivity index (χ1) is 6.31. The van der Waals surface area contributed by atoms with Crippen LogP contribution in [0.2, 0.25) is 0 Å². The first-order valence-corrected chi connectivity index (χ1v) is 5.47. The molecular weight excluding hydrogens is 162 g/mol. The Morgan fingerprint density at radius 2 is 1.85 bits per heavy atom. The summed E-state index contributed by atoms with van der Waals surface area (Å²) in [5.41, 5.74) is 11.2. The minimum absolute atomic E-state index is 0.304. The molecule has 0 bridgehead atoms. The molecule has 0 radical (unpaired) electrons. The number of rotatable bonds is 9. The van der Waals surface area contributed by atoms with Gasteiger partial charge in [0, 0.05) is 6.04 Å².